The summed E-state index contributed by atoms with van der Waals surface area (Å²) in [6.07, 6.45) is 5.72. The Morgan fingerprint density at radius 1 is 1.36 bits per heavy atom. The molecule has 0 amide bonds. The van der Waals surface area contributed by atoms with E-state index in [9.17, 15) is 4.79 Å². The molecule has 2 aliphatic rings. The van der Waals surface area contributed by atoms with E-state index in [0.29, 0.717) is 19.1 Å². The molecule has 0 N–H and O–H groups in total. The summed E-state index contributed by atoms with van der Waals surface area (Å²) in [6.45, 7) is 3.30. The Balaban J connectivity index is 2.11. The van der Waals surface area contributed by atoms with E-state index in [0.717, 1.165) is 12.8 Å². The van der Waals surface area contributed by atoms with Gasteiger partial charge in [0.15, 0.2) is 0 Å². The van der Waals surface area contributed by atoms with Crippen LogP contribution in [0.5, 0.6) is 0 Å². The molecular formula is C11H16O3. The third-order valence-electron chi connectivity index (χ3n) is 2.80. The first-order chi connectivity index (χ1) is 6.77. The number of carbonyl (C=O) groups excluding carboxylic acids is 1. The highest BCUT2D eigenvalue weighted by Crippen LogP contribution is 2.27. The molecule has 14 heavy (non-hydrogen) atoms. The highest BCUT2D eigenvalue weighted by atomic mass is 16.5. The zero-order valence-electron chi connectivity index (χ0n) is 8.44. The van der Waals surface area contributed by atoms with Crippen LogP contribution in [0.3, 0.4) is 0 Å². The average molecular weight is 196 g/mol. The third kappa shape index (κ3) is 1.98. The quantitative estimate of drug-likeness (QED) is 0.435. The van der Waals surface area contributed by atoms with Gasteiger partial charge in [-0.25, -0.2) is 0 Å². The Labute approximate surface area is 84.1 Å². The Hall–Kier alpha value is -0.830. The van der Waals surface area contributed by atoms with E-state index >= 15 is 0 Å². The minimum absolute atomic E-state index is 0.0565. The summed E-state index contributed by atoms with van der Waals surface area (Å²) in [5.74, 6) is 0.271. The second kappa shape index (κ2) is 4.13. The van der Waals surface area contributed by atoms with Gasteiger partial charge in [-0.05, 0) is 12.3 Å². The Morgan fingerprint density at radius 2 is 2.21 bits per heavy atom. The van der Waals surface area contributed by atoms with Gasteiger partial charge in [0.1, 0.15) is 0 Å². The highest BCUT2D eigenvalue weighted by molar-refractivity contribution is 5.73. The fourth-order valence-corrected chi connectivity index (χ4v) is 2.01. The lowest BCUT2D eigenvalue weighted by molar-refractivity contribution is -0.158. The van der Waals surface area contributed by atoms with Crippen LogP contribution in [0.1, 0.15) is 19.8 Å². The number of allylic oxidation sites excluding steroid dienone is 1. The summed E-state index contributed by atoms with van der Waals surface area (Å²) in [6, 6.07) is 0. The molecule has 1 aliphatic heterocycles. The van der Waals surface area contributed by atoms with Crippen LogP contribution in [0.15, 0.2) is 12.2 Å². The number of esters is 1. The zero-order valence-corrected chi connectivity index (χ0v) is 8.44. The van der Waals surface area contributed by atoms with Crippen LogP contribution in [0.2, 0.25) is 0 Å². The number of cyclic esters (lactones) is 1. The number of carbonyl (C=O) groups is 1. The van der Waals surface area contributed by atoms with Crippen LogP contribution in [-0.2, 0) is 14.3 Å². The largest absolute Gasteiger partial charge is 0.465 e. The van der Waals surface area contributed by atoms with Gasteiger partial charge in [0.2, 0.25) is 0 Å². The van der Waals surface area contributed by atoms with Gasteiger partial charge >= 0.3 is 5.97 Å². The van der Waals surface area contributed by atoms with Crippen LogP contribution >= 0.6 is 0 Å². The first-order valence-electron chi connectivity index (χ1n) is 5.24. The van der Waals surface area contributed by atoms with Crippen molar-refractivity contribution in [2.75, 3.05) is 13.2 Å². The lowest BCUT2D eigenvalue weighted by Gasteiger charge is -2.30. The standard InChI is InChI=1S/C11H16O3/c1-8-3-4-10-9(7-8)11(12)14-6-2-5-13-10/h3-4,8-10H,2,5-7H2,1H3. The van der Waals surface area contributed by atoms with Crippen LogP contribution in [0.4, 0.5) is 0 Å². The van der Waals surface area contributed by atoms with E-state index in [1.165, 1.54) is 0 Å². The molecule has 1 fully saturated rings. The van der Waals surface area contributed by atoms with Crippen LogP contribution in [-0.4, -0.2) is 25.3 Å². The molecule has 1 saturated heterocycles. The number of ether oxygens (including phenoxy) is 2. The molecular weight excluding hydrogens is 180 g/mol. The number of rotatable bonds is 0. The topological polar surface area (TPSA) is 35.5 Å². The Bertz CT molecular complexity index is 247. The molecule has 3 heteroatoms. The second-order valence-corrected chi connectivity index (χ2v) is 4.06. The first-order valence-corrected chi connectivity index (χ1v) is 5.24. The maximum absolute atomic E-state index is 11.6. The van der Waals surface area contributed by atoms with Gasteiger partial charge in [-0.1, -0.05) is 19.1 Å². The first kappa shape index (κ1) is 9.71. The predicted molar refractivity (Wildman–Crippen MR) is 51.7 cm³/mol. The smallest absolute Gasteiger partial charge is 0.311 e. The second-order valence-electron chi connectivity index (χ2n) is 4.06. The van der Waals surface area contributed by atoms with E-state index in [-0.39, 0.29) is 18.0 Å². The van der Waals surface area contributed by atoms with Crippen LogP contribution in [0, 0.1) is 11.8 Å². The molecule has 2 rings (SSSR count). The molecule has 3 atom stereocenters. The van der Waals surface area contributed by atoms with Gasteiger partial charge in [-0.3, -0.25) is 4.79 Å². The van der Waals surface area contributed by atoms with Gasteiger partial charge in [0.25, 0.3) is 0 Å². The van der Waals surface area contributed by atoms with E-state index in [1.54, 1.807) is 0 Å². The fraction of sp³-hybridized carbons (Fsp3) is 0.727. The number of fused-ring (bicyclic) bond motifs is 1. The SMILES string of the molecule is CC1C=CC2OCCCOC(=O)C2C1. The van der Waals surface area contributed by atoms with E-state index < -0.39 is 0 Å². The molecule has 1 aliphatic carbocycles. The molecule has 0 aromatic rings. The summed E-state index contributed by atoms with van der Waals surface area (Å²) >= 11 is 0. The molecule has 0 aromatic carbocycles. The lowest BCUT2D eigenvalue weighted by atomic mass is 9.85. The van der Waals surface area contributed by atoms with Gasteiger partial charge < -0.3 is 9.47 Å². The third-order valence-corrected chi connectivity index (χ3v) is 2.80. The van der Waals surface area contributed by atoms with Crippen molar-refractivity contribution in [2.24, 2.45) is 11.8 Å². The normalized spacial score (nSPS) is 38.1. The number of hydrogen-bond acceptors (Lipinski definition) is 3. The van der Waals surface area contributed by atoms with Crippen LogP contribution in [0.25, 0.3) is 0 Å². The van der Waals surface area contributed by atoms with Crippen molar-refractivity contribution in [1.29, 1.82) is 0 Å². The average Bonchev–Trinajstić information content (AvgIpc) is 2.16. The molecule has 3 unspecified atom stereocenters. The highest BCUT2D eigenvalue weighted by Gasteiger charge is 2.33. The molecule has 0 aromatic heterocycles. The summed E-state index contributed by atoms with van der Waals surface area (Å²) in [4.78, 5) is 11.6. The number of hydrogen-bond donors (Lipinski definition) is 0. The van der Waals surface area contributed by atoms with Gasteiger partial charge in [-0.2, -0.15) is 0 Å². The molecule has 78 valence electrons. The van der Waals surface area contributed by atoms with E-state index in [2.05, 4.69) is 13.0 Å². The summed E-state index contributed by atoms with van der Waals surface area (Å²) < 4.78 is 10.8. The van der Waals surface area contributed by atoms with Crippen molar-refractivity contribution in [1.82, 2.24) is 0 Å². The summed E-state index contributed by atoms with van der Waals surface area (Å²) in [7, 11) is 0. The van der Waals surface area contributed by atoms with Gasteiger partial charge in [0.05, 0.1) is 25.2 Å². The summed E-state index contributed by atoms with van der Waals surface area (Å²) in [5, 5.41) is 0. The van der Waals surface area contributed by atoms with E-state index in [4.69, 9.17) is 9.47 Å². The maximum atomic E-state index is 11.6. The molecule has 0 bridgehead atoms. The minimum atomic E-state index is -0.0918. The van der Waals surface area contributed by atoms with Crippen molar-refractivity contribution >= 4 is 5.97 Å². The zero-order chi connectivity index (χ0) is 9.97. The van der Waals surface area contributed by atoms with Crippen molar-refractivity contribution in [3.8, 4) is 0 Å². The monoisotopic (exact) mass is 196 g/mol. The predicted octanol–water partition coefficient (Wildman–Crippen LogP) is 1.53. The van der Waals surface area contributed by atoms with Crippen LogP contribution < -0.4 is 0 Å². The molecule has 3 nitrogen and oxygen atoms in total. The summed E-state index contributed by atoms with van der Waals surface area (Å²) in [5.41, 5.74) is 0. The molecule has 1 heterocycles. The van der Waals surface area contributed by atoms with Gasteiger partial charge in [0, 0.05) is 6.42 Å². The Morgan fingerprint density at radius 3 is 3.07 bits per heavy atom. The fourth-order valence-electron chi connectivity index (χ4n) is 2.01. The maximum Gasteiger partial charge on any atom is 0.311 e. The van der Waals surface area contributed by atoms with Crippen molar-refractivity contribution < 1.29 is 14.3 Å². The lowest BCUT2D eigenvalue weighted by Crippen LogP contribution is -2.36. The molecule has 0 radical (unpaired) electrons. The van der Waals surface area contributed by atoms with Crippen molar-refractivity contribution in [3.05, 3.63) is 12.2 Å². The minimum Gasteiger partial charge on any atom is -0.465 e. The Kier molecular flexibility index (Phi) is 2.87. The molecule has 0 saturated carbocycles. The van der Waals surface area contributed by atoms with Crippen molar-refractivity contribution in [2.45, 2.75) is 25.9 Å². The van der Waals surface area contributed by atoms with E-state index in [1.807, 2.05) is 6.08 Å². The van der Waals surface area contributed by atoms with Gasteiger partial charge in [-0.15, -0.1) is 0 Å². The van der Waals surface area contributed by atoms with Crippen molar-refractivity contribution in [3.63, 3.8) is 0 Å². The molecule has 0 spiro atoms.